The Kier molecular flexibility index (Phi) is 4.83. The fourth-order valence-corrected chi connectivity index (χ4v) is 1.67. The minimum atomic E-state index is -0.299. The number of Topliss-reactive ketones (excluding diaryl/α,β-unsaturated/α-hetero) is 2. The molecule has 0 N–H and O–H groups in total. The number of hydrogen-bond donors (Lipinski definition) is 0. The van der Waals surface area contributed by atoms with Gasteiger partial charge in [-0.05, 0) is 13.3 Å². The molecule has 18 heavy (non-hydrogen) atoms. The van der Waals surface area contributed by atoms with E-state index in [2.05, 4.69) is 0 Å². The van der Waals surface area contributed by atoms with Crippen LogP contribution in [0.1, 0.15) is 56.0 Å². The lowest BCUT2D eigenvalue weighted by atomic mass is 9.87. The van der Waals surface area contributed by atoms with Gasteiger partial charge in [-0.3, -0.25) is 9.59 Å². The van der Waals surface area contributed by atoms with E-state index in [0.29, 0.717) is 19.3 Å². The van der Waals surface area contributed by atoms with Gasteiger partial charge in [-0.25, -0.2) is 0 Å². The number of carbonyl (C=O) groups is 2. The fraction of sp³-hybridized carbons (Fsp3) is 0.500. The number of carbonyl (C=O) groups excluding carboxylic acids is 2. The van der Waals surface area contributed by atoms with Crippen molar-refractivity contribution in [2.45, 2.75) is 47.0 Å². The molecule has 0 amide bonds. The molecule has 0 atom stereocenters. The van der Waals surface area contributed by atoms with E-state index in [4.69, 9.17) is 0 Å². The molecule has 0 heterocycles. The number of hydrogen-bond acceptors (Lipinski definition) is 2. The molecule has 2 heteroatoms. The summed E-state index contributed by atoms with van der Waals surface area (Å²) in [4.78, 5) is 23.6. The summed E-state index contributed by atoms with van der Waals surface area (Å²) in [6.45, 7) is 7.74. The van der Waals surface area contributed by atoms with Crippen LogP contribution in [-0.2, 0) is 4.79 Å². The smallest absolute Gasteiger partial charge is 0.162 e. The molecule has 1 rings (SSSR count). The van der Waals surface area contributed by atoms with Gasteiger partial charge in [-0.2, -0.15) is 0 Å². The average molecular weight is 246 g/mol. The molecule has 0 spiro atoms. The maximum Gasteiger partial charge on any atom is 0.162 e. The van der Waals surface area contributed by atoms with Gasteiger partial charge in [0.2, 0.25) is 0 Å². The second kappa shape index (κ2) is 5.94. The van der Waals surface area contributed by atoms with Crippen molar-refractivity contribution < 1.29 is 9.59 Å². The third kappa shape index (κ3) is 4.44. The van der Waals surface area contributed by atoms with Gasteiger partial charge in [0.1, 0.15) is 5.78 Å². The quantitative estimate of drug-likeness (QED) is 0.737. The predicted molar refractivity (Wildman–Crippen MR) is 73.8 cm³/mol. The highest BCUT2D eigenvalue weighted by atomic mass is 16.1. The highest BCUT2D eigenvalue weighted by Gasteiger charge is 2.20. The minimum Gasteiger partial charge on any atom is -0.299 e. The van der Waals surface area contributed by atoms with Gasteiger partial charge in [-0.1, -0.05) is 50.6 Å². The van der Waals surface area contributed by atoms with Crippen LogP contribution in [0.5, 0.6) is 0 Å². The zero-order valence-corrected chi connectivity index (χ0v) is 11.7. The van der Waals surface area contributed by atoms with Crippen LogP contribution in [0.4, 0.5) is 0 Å². The highest BCUT2D eigenvalue weighted by molar-refractivity contribution is 5.96. The van der Waals surface area contributed by atoms with Gasteiger partial charge in [0.15, 0.2) is 5.78 Å². The van der Waals surface area contributed by atoms with Crippen LogP contribution in [0.3, 0.4) is 0 Å². The Morgan fingerprint density at radius 2 is 1.56 bits per heavy atom. The van der Waals surface area contributed by atoms with Crippen LogP contribution in [0, 0.1) is 12.3 Å². The zero-order chi connectivity index (χ0) is 13.8. The molecule has 0 saturated heterocycles. The predicted octanol–water partition coefficient (Wildman–Crippen LogP) is 3.96. The molecule has 0 unspecified atom stereocenters. The Morgan fingerprint density at radius 3 is 2.06 bits per heavy atom. The second-order valence-electron chi connectivity index (χ2n) is 5.82. The summed E-state index contributed by atoms with van der Waals surface area (Å²) in [6.07, 6.45) is 1.58. The summed E-state index contributed by atoms with van der Waals surface area (Å²) >= 11 is 0. The van der Waals surface area contributed by atoms with E-state index < -0.39 is 0 Å². The Labute approximate surface area is 109 Å². The van der Waals surface area contributed by atoms with Gasteiger partial charge in [0.25, 0.3) is 0 Å². The first-order chi connectivity index (χ1) is 8.30. The second-order valence-corrected chi connectivity index (χ2v) is 5.82. The zero-order valence-electron chi connectivity index (χ0n) is 11.7. The van der Waals surface area contributed by atoms with E-state index in [1.807, 2.05) is 52.0 Å². The lowest BCUT2D eigenvalue weighted by Crippen LogP contribution is -2.19. The van der Waals surface area contributed by atoms with Crippen LogP contribution in [0.15, 0.2) is 24.3 Å². The maximum atomic E-state index is 11.9. The molecule has 0 bridgehead atoms. The summed E-state index contributed by atoms with van der Waals surface area (Å²) in [5.74, 6) is 0.343. The van der Waals surface area contributed by atoms with Crippen molar-refractivity contribution in [2.75, 3.05) is 0 Å². The van der Waals surface area contributed by atoms with Crippen LogP contribution in [0.25, 0.3) is 0 Å². The average Bonchev–Trinajstić information content (AvgIpc) is 2.28. The molecule has 0 aromatic heterocycles. The third-order valence-electron chi connectivity index (χ3n) is 3.02. The molecule has 2 nitrogen and oxygen atoms in total. The maximum absolute atomic E-state index is 11.9. The number of aryl methyl sites for hydroxylation is 1. The largest absolute Gasteiger partial charge is 0.299 e. The SMILES string of the molecule is Cc1ccc(C(=O)CCCC(=O)C(C)(C)C)cc1. The summed E-state index contributed by atoms with van der Waals surface area (Å²) < 4.78 is 0. The normalized spacial score (nSPS) is 11.3. The van der Waals surface area contributed by atoms with Gasteiger partial charge in [0.05, 0.1) is 0 Å². The first-order valence-electron chi connectivity index (χ1n) is 6.44. The van der Waals surface area contributed by atoms with Crippen molar-refractivity contribution in [3.05, 3.63) is 35.4 Å². The van der Waals surface area contributed by atoms with Crippen molar-refractivity contribution in [3.63, 3.8) is 0 Å². The van der Waals surface area contributed by atoms with Crippen molar-refractivity contribution in [1.82, 2.24) is 0 Å². The van der Waals surface area contributed by atoms with Crippen molar-refractivity contribution in [3.8, 4) is 0 Å². The Balaban J connectivity index is 2.43. The first kappa shape index (κ1) is 14.6. The Hall–Kier alpha value is -1.44. The molecule has 1 aromatic carbocycles. The van der Waals surface area contributed by atoms with Gasteiger partial charge in [0, 0.05) is 23.8 Å². The molecule has 0 aliphatic heterocycles. The molecule has 0 fully saturated rings. The number of rotatable bonds is 5. The first-order valence-corrected chi connectivity index (χ1v) is 6.44. The van der Waals surface area contributed by atoms with Gasteiger partial charge in [-0.15, -0.1) is 0 Å². The molecular weight excluding hydrogens is 224 g/mol. The third-order valence-corrected chi connectivity index (χ3v) is 3.02. The Morgan fingerprint density at radius 1 is 1.00 bits per heavy atom. The molecule has 0 saturated carbocycles. The van der Waals surface area contributed by atoms with Crippen molar-refractivity contribution >= 4 is 11.6 Å². The van der Waals surface area contributed by atoms with E-state index in [1.54, 1.807) is 0 Å². The molecule has 0 radical (unpaired) electrons. The van der Waals surface area contributed by atoms with Crippen LogP contribution in [0.2, 0.25) is 0 Å². The van der Waals surface area contributed by atoms with E-state index in [1.165, 1.54) is 0 Å². The summed E-state index contributed by atoms with van der Waals surface area (Å²) in [6, 6.07) is 7.58. The lowest BCUT2D eigenvalue weighted by molar-refractivity contribution is -0.126. The minimum absolute atomic E-state index is 0.122. The van der Waals surface area contributed by atoms with E-state index >= 15 is 0 Å². The van der Waals surface area contributed by atoms with E-state index in [9.17, 15) is 9.59 Å². The fourth-order valence-electron chi connectivity index (χ4n) is 1.67. The number of ketones is 2. The summed E-state index contributed by atoms with van der Waals surface area (Å²) in [5.41, 5.74) is 1.59. The molecular formula is C16H22O2. The van der Waals surface area contributed by atoms with E-state index in [0.717, 1.165) is 11.1 Å². The lowest BCUT2D eigenvalue weighted by Gasteiger charge is -2.15. The molecule has 0 aliphatic carbocycles. The molecule has 0 aliphatic rings. The monoisotopic (exact) mass is 246 g/mol. The van der Waals surface area contributed by atoms with Crippen molar-refractivity contribution in [2.24, 2.45) is 5.41 Å². The summed E-state index contributed by atoms with van der Waals surface area (Å²) in [7, 11) is 0. The highest BCUT2D eigenvalue weighted by Crippen LogP contribution is 2.19. The van der Waals surface area contributed by atoms with Crippen molar-refractivity contribution in [1.29, 1.82) is 0 Å². The topological polar surface area (TPSA) is 34.1 Å². The molecule has 98 valence electrons. The van der Waals surface area contributed by atoms with E-state index in [-0.39, 0.29) is 17.0 Å². The van der Waals surface area contributed by atoms with Gasteiger partial charge >= 0.3 is 0 Å². The number of benzene rings is 1. The Bertz CT molecular complexity index is 421. The van der Waals surface area contributed by atoms with Crippen LogP contribution >= 0.6 is 0 Å². The summed E-state index contributed by atoms with van der Waals surface area (Å²) in [5, 5.41) is 0. The van der Waals surface area contributed by atoms with Crippen LogP contribution < -0.4 is 0 Å². The standard InChI is InChI=1S/C16H22O2/c1-12-8-10-13(11-9-12)14(17)6-5-7-15(18)16(2,3)4/h8-11H,5-7H2,1-4H3. The van der Waals surface area contributed by atoms with Crippen LogP contribution in [-0.4, -0.2) is 11.6 Å². The molecule has 1 aromatic rings. The van der Waals surface area contributed by atoms with Gasteiger partial charge < -0.3 is 0 Å².